The molecule has 0 heterocycles. The Labute approximate surface area is 178 Å². The van der Waals surface area contributed by atoms with Gasteiger partial charge < -0.3 is 14.7 Å². The number of hydrogen-bond donors (Lipinski definition) is 1. The predicted molar refractivity (Wildman–Crippen MR) is 114 cm³/mol. The Hall–Kier alpha value is -3.02. The van der Waals surface area contributed by atoms with Crippen molar-refractivity contribution >= 4 is 35.4 Å². The highest BCUT2D eigenvalue weighted by atomic mass is 35.5. The van der Waals surface area contributed by atoms with Gasteiger partial charge in [0.1, 0.15) is 12.4 Å². The summed E-state index contributed by atoms with van der Waals surface area (Å²) in [6.07, 6.45) is 1.47. The number of benzene rings is 3. The standard InChI is InChI=1S/C22H17Cl2NO4/c23-20-9-4-16(11-21(20)24)13-28-19-7-5-17(6-8-19)18-3-1-2-15(10-18)12-25-29-14-22(26)27/h1-12H,13-14H2,(H,26,27). The molecule has 0 aromatic heterocycles. The van der Waals surface area contributed by atoms with Crippen LogP contribution in [0.2, 0.25) is 10.0 Å². The highest BCUT2D eigenvalue weighted by Gasteiger charge is 2.03. The van der Waals surface area contributed by atoms with E-state index in [1.807, 2.05) is 54.6 Å². The van der Waals surface area contributed by atoms with E-state index in [0.29, 0.717) is 16.7 Å². The molecule has 0 unspecified atom stereocenters. The van der Waals surface area contributed by atoms with Crippen LogP contribution in [0.25, 0.3) is 11.1 Å². The van der Waals surface area contributed by atoms with Crippen LogP contribution in [0.5, 0.6) is 5.75 Å². The van der Waals surface area contributed by atoms with Crippen molar-refractivity contribution in [2.75, 3.05) is 6.61 Å². The fourth-order valence-corrected chi connectivity index (χ4v) is 2.85. The summed E-state index contributed by atoms with van der Waals surface area (Å²) in [6.45, 7) is -0.0849. The van der Waals surface area contributed by atoms with Crippen LogP contribution in [-0.4, -0.2) is 23.9 Å². The first-order valence-electron chi connectivity index (χ1n) is 8.65. The van der Waals surface area contributed by atoms with Crippen LogP contribution in [0.15, 0.2) is 71.9 Å². The first kappa shape index (κ1) is 20.7. The number of carboxylic acids is 1. The van der Waals surface area contributed by atoms with Gasteiger partial charge in [0.25, 0.3) is 0 Å². The minimum absolute atomic E-state index is 0.387. The van der Waals surface area contributed by atoms with Gasteiger partial charge >= 0.3 is 5.97 Å². The number of hydrogen-bond acceptors (Lipinski definition) is 4. The quantitative estimate of drug-likeness (QED) is 0.369. The van der Waals surface area contributed by atoms with Gasteiger partial charge in [-0.1, -0.05) is 64.8 Å². The van der Waals surface area contributed by atoms with Crippen molar-refractivity contribution in [3.8, 4) is 16.9 Å². The van der Waals surface area contributed by atoms with E-state index in [0.717, 1.165) is 28.0 Å². The number of halogens is 2. The van der Waals surface area contributed by atoms with Gasteiger partial charge in [0.15, 0.2) is 0 Å². The largest absolute Gasteiger partial charge is 0.489 e. The van der Waals surface area contributed by atoms with Gasteiger partial charge in [0, 0.05) is 0 Å². The highest BCUT2D eigenvalue weighted by molar-refractivity contribution is 6.42. The van der Waals surface area contributed by atoms with E-state index in [-0.39, 0.29) is 0 Å². The molecule has 0 amide bonds. The van der Waals surface area contributed by atoms with Crippen molar-refractivity contribution in [3.05, 3.63) is 87.9 Å². The number of nitrogens with zero attached hydrogens (tertiary/aromatic N) is 1. The molecule has 3 rings (SSSR count). The maximum absolute atomic E-state index is 10.4. The Morgan fingerprint density at radius 3 is 2.48 bits per heavy atom. The van der Waals surface area contributed by atoms with Crippen LogP contribution in [0, 0.1) is 0 Å². The van der Waals surface area contributed by atoms with Gasteiger partial charge in [-0.15, -0.1) is 0 Å². The molecule has 29 heavy (non-hydrogen) atoms. The molecule has 7 heteroatoms. The average molecular weight is 430 g/mol. The van der Waals surface area contributed by atoms with E-state index in [1.165, 1.54) is 6.21 Å². The second-order valence-electron chi connectivity index (χ2n) is 6.09. The van der Waals surface area contributed by atoms with Crippen molar-refractivity contribution in [1.29, 1.82) is 0 Å². The SMILES string of the molecule is O=C(O)CON=Cc1cccc(-c2ccc(OCc3ccc(Cl)c(Cl)c3)cc2)c1. The lowest BCUT2D eigenvalue weighted by atomic mass is 10.0. The second kappa shape index (κ2) is 9.96. The number of ether oxygens (including phenoxy) is 1. The van der Waals surface area contributed by atoms with E-state index in [9.17, 15) is 4.79 Å². The minimum Gasteiger partial charge on any atom is -0.489 e. The van der Waals surface area contributed by atoms with E-state index >= 15 is 0 Å². The van der Waals surface area contributed by atoms with Crippen molar-refractivity contribution in [3.63, 3.8) is 0 Å². The molecular formula is C22H17Cl2NO4. The van der Waals surface area contributed by atoms with Crippen LogP contribution in [0.4, 0.5) is 0 Å². The van der Waals surface area contributed by atoms with Gasteiger partial charge in [-0.3, -0.25) is 0 Å². The molecule has 1 N–H and O–H groups in total. The van der Waals surface area contributed by atoms with E-state index < -0.39 is 12.6 Å². The Kier molecular flexibility index (Phi) is 7.11. The highest BCUT2D eigenvalue weighted by Crippen LogP contribution is 2.25. The van der Waals surface area contributed by atoms with Crippen LogP contribution < -0.4 is 4.74 Å². The summed E-state index contributed by atoms with van der Waals surface area (Å²) < 4.78 is 5.80. The molecule has 5 nitrogen and oxygen atoms in total. The lowest BCUT2D eigenvalue weighted by Crippen LogP contribution is -2.03. The molecule has 0 aliphatic carbocycles. The third-order valence-corrected chi connectivity index (χ3v) is 4.67. The maximum Gasteiger partial charge on any atom is 0.344 e. The summed E-state index contributed by atoms with van der Waals surface area (Å²) >= 11 is 11.9. The molecular weight excluding hydrogens is 413 g/mol. The lowest BCUT2D eigenvalue weighted by Gasteiger charge is -2.09. The molecule has 0 saturated heterocycles. The Balaban J connectivity index is 1.63. The number of rotatable bonds is 8. The fourth-order valence-electron chi connectivity index (χ4n) is 2.53. The summed E-state index contributed by atoms with van der Waals surface area (Å²) in [5.41, 5.74) is 3.73. The fraction of sp³-hybridized carbons (Fsp3) is 0.0909. The van der Waals surface area contributed by atoms with Gasteiger partial charge in [0.05, 0.1) is 16.3 Å². The molecule has 0 fully saturated rings. The summed E-state index contributed by atoms with van der Waals surface area (Å²) in [6, 6.07) is 20.8. The maximum atomic E-state index is 10.4. The molecule has 3 aromatic rings. The normalized spacial score (nSPS) is 10.8. The molecule has 3 aromatic carbocycles. The first-order valence-corrected chi connectivity index (χ1v) is 9.41. The van der Waals surface area contributed by atoms with Gasteiger partial charge in [-0.25, -0.2) is 4.79 Å². The third kappa shape index (κ3) is 6.24. The molecule has 0 spiro atoms. The van der Waals surface area contributed by atoms with Crippen LogP contribution in [0.1, 0.15) is 11.1 Å². The minimum atomic E-state index is -1.07. The van der Waals surface area contributed by atoms with Crippen LogP contribution in [-0.2, 0) is 16.2 Å². The number of carbonyl (C=O) groups is 1. The lowest BCUT2D eigenvalue weighted by molar-refractivity contribution is -0.142. The average Bonchev–Trinajstić information content (AvgIpc) is 2.72. The second-order valence-corrected chi connectivity index (χ2v) is 6.90. The zero-order valence-corrected chi connectivity index (χ0v) is 16.7. The molecule has 0 atom stereocenters. The molecule has 0 aliphatic heterocycles. The van der Waals surface area contributed by atoms with Crippen molar-refractivity contribution in [2.45, 2.75) is 6.61 Å². The van der Waals surface area contributed by atoms with Gasteiger partial charge in [-0.05, 0) is 52.6 Å². The summed E-state index contributed by atoms with van der Waals surface area (Å²) in [5, 5.41) is 13.2. The number of oxime groups is 1. The monoisotopic (exact) mass is 429 g/mol. The third-order valence-electron chi connectivity index (χ3n) is 3.93. The van der Waals surface area contributed by atoms with E-state index in [1.54, 1.807) is 12.1 Å². The summed E-state index contributed by atoms with van der Waals surface area (Å²) in [5.74, 6) is -0.336. The number of aliphatic carboxylic acids is 1. The van der Waals surface area contributed by atoms with Crippen molar-refractivity contribution < 1.29 is 19.5 Å². The van der Waals surface area contributed by atoms with Crippen molar-refractivity contribution in [1.82, 2.24) is 0 Å². The molecule has 0 aliphatic rings. The Morgan fingerprint density at radius 1 is 0.966 bits per heavy atom. The molecule has 148 valence electrons. The van der Waals surface area contributed by atoms with E-state index in [4.69, 9.17) is 33.0 Å². The summed E-state index contributed by atoms with van der Waals surface area (Å²) in [7, 11) is 0. The molecule has 0 radical (unpaired) electrons. The van der Waals surface area contributed by atoms with Crippen molar-refractivity contribution in [2.24, 2.45) is 5.16 Å². The zero-order chi connectivity index (χ0) is 20.6. The van der Waals surface area contributed by atoms with Gasteiger partial charge in [0.2, 0.25) is 6.61 Å². The Morgan fingerprint density at radius 2 is 1.76 bits per heavy atom. The predicted octanol–water partition coefficient (Wildman–Crippen LogP) is 5.67. The van der Waals surface area contributed by atoms with Crippen LogP contribution in [0.3, 0.4) is 0 Å². The van der Waals surface area contributed by atoms with E-state index in [2.05, 4.69) is 9.99 Å². The molecule has 0 bridgehead atoms. The first-order chi connectivity index (χ1) is 14.0. The molecule has 0 saturated carbocycles. The zero-order valence-electron chi connectivity index (χ0n) is 15.2. The van der Waals surface area contributed by atoms with Crippen LogP contribution >= 0.6 is 23.2 Å². The summed E-state index contributed by atoms with van der Waals surface area (Å²) in [4.78, 5) is 15.1. The smallest absolute Gasteiger partial charge is 0.344 e. The number of carboxylic acid groups (broad SMARTS) is 1. The Bertz CT molecular complexity index is 1020. The topological polar surface area (TPSA) is 68.1 Å². The van der Waals surface area contributed by atoms with Gasteiger partial charge in [-0.2, -0.15) is 0 Å².